The van der Waals surface area contributed by atoms with Gasteiger partial charge in [0.05, 0.1) is 10.1 Å². The van der Waals surface area contributed by atoms with E-state index in [0.717, 1.165) is 22.3 Å². The number of hydrogen-bond acceptors (Lipinski definition) is 2. The molecule has 0 atom stereocenters. The van der Waals surface area contributed by atoms with Gasteiger partial charge >= 0.3 is 0 Å². The number of rotatable bonds is 4. The third-order valence-electron chi connectivity index (χ3n) is 6.67. The summed E-state index contributed by atoms with van der Waals surface area (Å²) in [5, 5.41) is 1.04. The van der Waals surface area contributed by atoms with Gasteiger partial charge in [0.2, 0.25) is 5.79 Å². The van der Waals surface area contributed by atoms with Crippen molar-refractivity contribution in [1.82, 2.24) is 0 Å². The highest BCUT2D eigenvalue weighted by Gasteiger charge is 2.59. The van der Waals surface area contributed by atoms with E-state index in [2.05, 4.69) is 0 Å². The van der Waals surface area contributed by atoms with E-state index < -0.39 is 17.0 Å². The van der Waals surface area contributed by atoms with Gasteiger partial charge in [0.1, 0.15) is 0 Å². The van der Waals surface area contributed by atoms with Crippen molar-refractivity contribution >= 4 is 23.2 Å². The quantitative estimate of drug-likeness (QED) is 0.286. The van der Waals surface area contributed by atoms with E-state index >= 15 is 0 Å². The number of hydrogen-bond donors (Lipinski definition) is 0. The summed E-state index contributed by atoms with van der Waals surface area (Å²) in [6.45, 7) is 0. The van der Waals surface area contributed by atoms with Crippen LogP contribution in [0.1, 0.15) is 22.3 Å². The van der Waals surface area contributed by atoms with Crippen LogP contribution in [0.5, 0.6) is 0 Å². The molecular formula is C31H22Cl2O2. The largest absolute Gasteiger partial charge is 0.321 e. The molecule has 4 aromatic rings. The minimum atomic E-state index is -1.27. The lowest BCUT2D eigenvalue weighted by Gasteiger charge is -2.38. The number of ether oxygens (including phenoxy) is 2. The van der Waals surface area contributed by atoms with Crippen molar-refractivity contribution in [3.05, 3.63) is 166 Å². The molecular weight excluding hydrogens is 475 g/mol. The molecule has 2 nitrogen and oxygen atoms in total. The average Bonchev–Trinajstić information content (AvgIpc) is 3.38. The molecule has 0 amide bonds. The maximum Gasteiger partial charge on any atom is 0.214 e. The summed E-state index contributed by atoms with van der Waals surface area (Å²) in [4.78, 5) is 0. The van der Waals surface area contributed by atoms with E-state index in [1.807, 2.05) is 133 Å². The summed E-state index contributed by atoms with van der Waals surface area (Å²) in [5.74, 6) is -1.27. The van der Waals surface area contributed by atoms with Gasteiger partial charge in [0.15, 0.2) is 11.2 Å². The molecule has 0 saturated heterocycles. The molecule has 0 N–H and O–H groups in total. The summed E-state index contributed by atoms with van der Waals surface area (Å²) in [7, 11) is 0. The van der Waals surface area contributed by atoms with Crippen molar-refractivity contribution in [3.8, 4) is 0 Å². The van der Waals surface area contributed by atoms with E-state index in [9.17, 15) is 0 Å². The molecule has 4 heteroatoms. The highest BCUT2D eigenvalue weighted by atomic mass is 35.5. The molecule has 0 saturated carbocycles. The van der Waals surface area contributed by atoms with Gasteiger partial charge in [0, 0.05) is 0 Å². The topological polar surface area (TPSA) is 18.5 Å². The number of halogens is 2. The smallest absolute Gasteiger partial charge is 0.214 e. The van der Waals surface area contributed by atoms with Gasteiger partial charge in [-0.05, 0) is 34.4 Å². The molecule has 4 aromatic carbocycles. The standard InChI is InChI=1S/C31H22Cl2O2/c32-27-21-29(34-30(27,23-13-5-1-6-14-23)24-15-7-2-8-16-24)22-28(33)31(35-29,25-17-9-3-10-18-25)26-19-11-4-12-20-26/h1-22H. The van der Waals surface area contributed by atoms with E-state index in [4.69, 9.17) is 32.7 Å². The minimum Gasteiger partial charge on any atom is -0.321 e. The van der Waals surface area contributed by atoms with Gasteiger partial charge in [-0.2, -0.15) is 0 Å². The van der Waals surface area contributed by atoms with Crippen LogP contribution in [-0.2, 0) is 20.7 Å². The summed E-state index contributed by atoms with van der Waals surface area (Å²) in [6, 6.07) is 39.9. The predicted octanol–water partition coefficient (Wildman–Crippen LogP) is 7.88. The van der Waals surface area contributed by atoms with Gasteiger partial charge in [-0.25, -0.2) is 0 Å². The molecule has 0 aromatic heterocycles. The lowest BCUT2D eigenvalue weighted by Crippen LogP contribution is -2.40. The Bertz CT molecular complexity index is 1210. The number of benzene rings is 4. The van der Waals surface area contributed by atoms with Crippen LogP contribution in [0.25, 0.3) is 0 Å². The Morgan fingerprint density at radius 2 is 0.657 bits per heavy atom. The normalized spacial score (nSPS) is 19.4. The fourth-order valence-corrected chi connectivity index (χ4v) is 5.94. The van der Waals surface area contributed by atoms with Crippen molar-refractivity contribution in [2.75, 3.05) is 0 Å². The first-order valence-corrected chi connectivity index (χ1v) is 12.2. The van der Waals surface area contributed by atoms with Crippen LogP contribution < -0.4 is 0 Å². The van der Waals surface area contributed by atoms with Gasteiger partial charge in [-0.3, -0.25) is 0 Å². The molecule has 172 valence electrons. The first-order chi connectivity index (χ1) is 17.1. The molecule has 0 aliphatic carbocycles. The zero-order valence-electron chi connectivity index (χ0n) is 18.8. The van der Waals surface area contributed by atoms with Gasteiger partial charge in [-0.1, -0.05) is 145 Å². The molecule has 0 unspecified atom stereocenters. The molecule has 2 aliphatic rings. The van der Waals surface area contributed by atoms with Crippen LogP contribution in [0.4, 0.5) is 0 Å². The van der Waals surface area contributed by atoms with Gasteiger partial charge < -0.3 is 9.47 Å². The summed E-state index contributed by atoms with van der Waals surface area (Å²) in [5.41, 5.74) is 1.56. The van der Waals surface area contributed by atoms with Crippen molar-refractivity contribution < 1.29 is 9.47 Å². The second kappa shape index (κ2) is 8.51. The molecule has 0 fully saturated rings. The Balaban J connectivity index is 1.53. The Morgan fingerprint density at radius 1 is 0.400 bits per heavy atom. The Morgan fingerprint density at radius 3 is 0.914 bits per heavy atom. The van der Waals surface area contributed by atoms with E-state index in [0.29, 0.717) is 10.1 Å². The van der Waals surface area contributed by atoms with Crippen LogP contribution in [0.15, 0.2) is 144 Å². The molecule has 0 radical (unpaired) electrons. The second-order valence-corrected chi connectivity index (χ2v) is 9.55. The Labute approximate surface area is 215 Å². The molecule has 0 bridgehead atoms. The van der Waals surface area contributed by atoms with Crippen molar-refractivity contribution in [3.63, 3.8) is 0 Å². The lowest BCUT2D eigenvalue weighted by molar-refractivity contribution is -0.224. The fourth-order valence-electron chi connectivity index (χ4n) is 5.12. The van der Waals surface area contributed by atoms with Gasteiger partial charge in [-0.15, -0.1) is 0 Å². The highest BCUT2D eigenvalue weighted by Crippen LogP contribution is 2.59. The average molecular weight is 497 g/mol. The molecule has 2 aliphatic heterocycles. The van der Waals surface area contributed by atoms with Crippen LogP contribution >= 0.6 is 23.2 Å². The first-order valence-electron chi connectivity index (χ1n) is 11.5. The van der Waals surface area contributed by atoms with E-state index in [1.54, 1.807) is 0 Å². The maximum atomic E-state index is 7.09. The summed E-state index contributed by atoms with van der Waals surface area (Å²) >= 11 is 14.2. The Kier molecular flexibility index (Phi) is 5.43. The van der Waals surface area contributed by atoms with Crippen LogP contribution in [0.2, 0.25) is 0 Å². The Hall–Kier alpha value is -3.14. The van der Waals surface area contributed by atoms with Gasteiger partial charge in [0.25, 0.3) is 0 Å². The zero-order chi connectivity index (χ0) is 23.9. The van der Waals surface area contributed by atoms with Crippen LogP contribution in [-0.4, -0.2) is 5.79 Å². The lowest BCUT2D eigenvalue weighted by atomic mass is 9.86. The van der Waals surface area contributed by atoms with Crippen molar-refractivity contribution in [2.45, 2.75) is 17.0 Å². The predicted molar refractivity (Wildman–Crippen MR) is 140 cm³/mol. The third kappa shape index (κ3) is 3.41. The fraction of sp³-hybridized carbons (Fsp3) is 0.0968. The van der Waals surface area contributed by atoms with Crippen LogP contribution in [0.3, 0.4) is 0 Å². The summed E-state index contributed by atoms with van der Waals surface area (Å²) < 4.78 is 13.9. The SMILES string of the molecule is ClC1=CC2(C=C(Cl)C(c3ccccc3)(c3ccccc3)O2)OC1(c1ccccc1)c1ccccc1. The highest BCUT2D eigenvalue weighted by molar-refractivity contribution is 6.32. The van der Waals surface area contributed by atoms with Crippen molar-refractivity contribution in [1.29, 1.82) is 0 Å². The first kappa shape index (κ1) is 22.3. The van der Waals surface area contributed by atoms with E-state index in [1.165, 1.54) is 0 Å². The van der Waals surface area contributed by atoms with Crippen LogP contribution in [0, 0.1) is 0 Å². The molecule has 2 heterocycles. The maximum absolute atomic E-state index is 7.09. The zero-order valence-corrected chi connectivity index (χ0v) is 20.3. The molecule has 6 rings (SSSR count). The van der Waals surface area contributed by atoms with E-state index in [-0.39, 0.29) is 0 Å². The molecule has 35 heavy (non-hydrogen) atoms. The third-order valence-corrected chi connectivity index (χ3v) is 7.43. The van der Waals surface area contributed by atoms with Crippen molar-refractivity contribution in [2.24, 2.45) is 0 Å². The molecule has 1 spiro atoms. The second-order valence-electron chi connectivity index (χ2n) is 8.74. The minimum absolute atomic E-state index is 0.521. The summed E-state index contributed by atoms with van der Waals surface area (Å²) in [6.07, 6.45) is 3.68. The monoisotopic (exact) mass is 496 g/mol.